The molecule has 4 heteroatoms. The molecule has 1 amide bonds. The molecule has 2 aromatic rings. The number of piperidine rings is 1. The molecule has 4 nitrogen and oxygen atoms in total. The van der Waals surface area contributed by atoms with Gasteiger partial charge in [0.1, 0.15) is 5.75 Å². The standard InChI is InChI=1S/C23H30N2O2/c1-17-7-6-14-25(15-17)21-12-10-20(11-13-21)19(3)24-23(26)16-27-22-9-5-4-8-18(22)2/h4-5,8-13,17,19H,6-7,14-16H2,1-3H3,(H,24,26)/t17-,19+/m1/s1. The Labute approximate surface area is 162 Å². The molecule has 0 aromatic heterocycles. The van der Waals surface area contributed by atoms with Crippen molar-refractivity contribution in [2.24, 2.45) is 5.92 Å². The minimum absolute atomic E-state index is 0.0267. The van der Waals surface area contributed by atoms with Gasteiger partial charge in [-0.05, 0) is 61.9 Å². The summed E-state index contributed by atoms with van der Waals surface area (Å²) in [6.07, 6.45) is 2.58. The van der Waals surface area contributed by atoms with E-state index in [0.717, 1.165) is 35.9 Å². The molecule has 0 aliphatic carbocycles. The minimum Gasteiger partial charge on any atom is -0.484 e. The number of hydrogen-bond acceptors (Lipinski definition) is 3. The van der Waals surface area contributed by atoms with Gasteiger partial charge in [-0.1, -0.05) is 37.3 Å². The van der Waals surface area contributed by atoms with Crippen molar-refractivity contribution in [1.82, 2.24) is 5.32 Å². The lowest BCUT2D eigenvalue weighted by atomic mass is 9.99. The number of nitrogens with zero attached hydrogens (tertiary/aromatic N) is 1. The number of para-hydroxylation sites is 1. The third kappa shape index (κ3) is 5.25. The summed E-state index contributed by atoms with van der Waals surface area (Å²) in [7, 11) is 0. The van der Waals surface area contributed by atoms with Gasteiger partial charge in [0.15, 0.2) is 6.61 Å². The maximum absolute atomic E-state index is 12.2. The maximum atomic E-state index is 12.2. The minimum atomic E-state index is -0.111. The van der Waals surface area contributed by atoms with E-state index in [4.69, 9.17) is 4.74 Å². The smallest absolute Gasteiger partial charge is 0.258 e. The van der Waals surface area contributed by atoms with E-state index in [9.17, 15) is 4.79 Å². The van der Waals surface area contributed by atoms with Crippen molar-refractivity contribution < 1.29 is 9.53 Å². The first-order valence-corrected chi connectivity index (χ1v) is 9.85. The van der Waals surface area contributed by atoms with Gasteiger partial charge in [-0.15, -0.1) is 0 Å². The summed E-state index contributed by atoms with van der Waals surface area (Å²) in [5.74, 6) is 1.39. The van der Waals surface area contributed by atoms with E-state index >= 15 is 0 Å². The van der Waals surface area contributed by atoms with Gasteiger partial charge in [-0.2, -0.15) is 0 Å². The molecule has 1 saturated heterocycles. The molecule has 144 valence electrons. The molecule has 3 rings (SSSR count). The quantitative estimate of drug-likeness (QED) is 0.819. The molecule has 0 unspecified atom stereocenters. The fourth-order valence-electron chi connectivity index (χ4n) is 3.63. The van der Waals surface area contributed by atoms with E-state index in [0.29, 0.717) is 0 Å². The van der Waals surface area contributed by atoms with Gasteiger partial charge >= 0.3 is 0 Å². The lowest BCUT2D eigenvalue weighted by Crippen LogP contribution is -2.34. The van der Waals surface area contributed by atoms with Crippen LogP contribution in [-0.4, -0.2) is 25.6 Å². The van der Waals surface area contributed by atoms with Crippen LogP contribution in [0.1, 0.15) is 43.9 Å². The lowest BCUT2D eigenvalue weighted by Gasteiger charge is -2.33. The van der Waals surface area contributed by atoms with Crippen LogP contribution >= 0.6 is 0 Å². The fraction of sp³-hybridized carbons (Fsp3) is 0.435. The number of carbonyl (C=O) groups excluding carboxylic acids is 1. The van der Waals surface area contributed by atoms with E-state index < -0.39 is 0 Å². The first-order valence-electron chi connectivity index (χ1n) is 9.85. The molecule has 2 atom stereocenters. The molecule has 0 radical (unpaired) electrons. The van der Waals surface area contributed by atoms with Gasteiger partial charge in [-0.3, -0.25) is 4.79 Å². The Morgan fingerprint density at radius 3 is 2.67 bits per heavy atom. The molecule has 0 spiro atoms. The average Bonchev–Trinajstić information content (AvgIpc) is 2.67. The second kappa shape index (κ2) is 8.94. The van der Waals surface area contributed by atoms with Crippen molar-refractivity contribution in [3.8, 4) is 5.75 Å². The number of ether oxygens (including phenoxy) is 1. The van der Waals surface area contributed by atoms with E-state index in [1.165, 1.54) is 18.5 Å². The van der Waals surface area contributed by atoms with Crippen LogP contribution in [0, 0.1) is 12.8 Å². The lowest BCUT2D eigenvalue weighted by molar-refractivity contribution is -0.123. The predicted molar refractivity (Wildman–Crippen MR) is 110 cm³/mol. The molecule has 1 fully saturated rings. The van der Waals surface area contributed by atoms with E-state index in [2.05, 4.69) is 41.4 Å². The molecule has 1 aliphatic rings. The number of benzene rings is 2. The molecule has 2 aromatic carbocycles. The van der Waals surface area contributed by atoms with Crippen LogP contribution in [0.2, 0.25) is 0 Å². The number of nitrogens with one attached hydrogen (secondary N) is 1. The van der Waals surface area contributed by atoms with Crippen LogP contribution in [0.4, 0.5) is 5.69 Å². The Morgan fingerprint density at radius 2 is 1.96 bits per heavy atom. The Hall–Kier alpha value is -2.49. The molecule has 1 N–H and O–H groups in total. The number of rotatable bonds is 6. The van der Waals surface area contributed by atoms with Crippen molar-refractivity contribution in [3.63, 3.8) is 0 Å². The van der Waals surface area contributed by atoms with Crippen molar-refractivity contribution in [3.05, 3.63) is 59.7 Å². The summed E-state index contributed by atoms with van der Waals surface area (Å²) in [4.78, 5) is 14.7. The first kappa shape index (κ1) is 19.3. The zero-order valence-electron chi connectivity index (χ0n) is 16.6. The summed E-state index contributed by atoms with van der Waals surface area (Å²) in [6, 6.07) is 16.2. The van der Waals surface area contributed by atoms with Crippen LogP contribution < -0.4 is 15.0 Å². The number of carbonyl (C=O) groups is 1. The molecular formula is C23H30N2O2. The molecular weight excluding hydrogens is 336 g/mol. The van der Waals surface area contributed by atoms with Crippen molar-refractivity contribution in [2.75, 3.05) is 24.6 Å². The molecule has 1 heterocycles. The second-order valence-corrected chi connectivity index (χ2v) is 7.63. The van der Waals surface area contributed by atoms with Gasteiger partial charge in [0.2, 0.25) is 0 Å². The molecule has 27 heavy (non-hydrogen) atoms. The number of hydrogen-bond donors (Lipinski definition) is 1. The summed E-state index contributed by atoms with van der Waals surface area (Å²) in [5, 5.41) is 3.01. The Balaban J connectivity index is 1.52. The monoisotopic (exact) mass is 366 g/mol. The average molecular weight is 367 g/mol. The van der Waals surface area contributed by atoms with Crippen LogP contribution in [0.3, 0.4) is 0 Å². The van der Waals surface area contributed by atoms with Crippen molar-refractivity contribution in [2.45, 2.75) is 39.7 Å². The Kier molecular flexibility index (Phi) is 6.38. The topological polar surface area (TPSA) is 41.6 Å². The number of aryl methyl sites for hydroxylation is 1. The normalized spacial score (nSPS) is 18.0. The van der Waals surface area contributed by atoms with E-state index in [-0.39, 0.29) is 18.6 Å². The zero-order chi connectivity index (χ0) is 19.2. The summed E-state index contributed by atoms with van der Waals surface area (Å²) in [6.45, 7) is 8.58. The highest BCUT2D eigenvalue weighted by atomic mass is 16.5. The zero-order valence-corrected chi connectivity index (χ0v) is 16.6. The molecule has 0 bridgehead atoms. The molecule has 0 saturated carbocycles. The fourth-order valence-corrected chi connectivity index (χ4v) is 3.63. The number of anilines is 1. The third-order valence-electron chi connectivity index (χ3n) is 5.25. The highest BCUT2D eigenvalue weighted by Gasteiger charge is 2.17. The highest BCUT2D eigenvalue weighted by Crippen LogP contribution is 2.24. The largest absolute Gasteiger partial charge is 0.484 e. The van der Waals surface area contributed by atoms with Gasteiger partial charge in [0, 0.05) is 18.8 Å². The highest BCUT2D eigenvalue weighted by molar-refractivity contribution is 5.78. The van der Waals surface area contributed by atoms with E-state index in [1.807, 2.05) is 38.1 Å². The van der Waals surface area contributed by atoms with Crippen LogP contribution in [0.25, 0.3) is 0 Å². The Morgan fingerprint density at radius 1 is 1.22 bits per heavy atom. The van der Waals surface area contributed by atoms with Gasteiger partial charge < -0.3 is 15.0 Å². The second-order valence-electron chi connectivity index (χ2n) is 7.63. The maximum Gasteiger partial charge on any atom is 0.258 e. The summed E-state index contributed by atoms with van der Waals surface area (Å²) < 4.78 is 5.63. The third-order valence-corrected chi connectivity index (χ3v) is 5.25. The van der Waals surface area contributed by atoms with Crippen LogP contribution in [0.15, 0.2) is 48.5 Å². The summed E-state index contributed by atoms with van der Waals surface area (Å²) in [5.41, 5.74) is 3.40. The van der Waals surface area contributed by atoms with Gasteiger partial charge in [0.05, 0.1) is 6.04 Å². The first-order chi connectivity index (χ1) is 13.0. The van der Waals surface area contributed by atoms with Gasteiger partial charge in [-0.25, -0.2) is 0 Å². The van der Waals surface area contributed by atoms with Crippen LogP contribution in [0.5, 0.6) is 5.75 Å². The van der Waals surface area contributed by atoms with Crippen molar-refractivity contribution in [1.29, 1.82) is 0 Å². The molecule has 1 aliphatic heterocycles. The predicted octanol–water partition coefficient (Wildman–Crippen LogP) is 4.49. The van der Waals surface area contributed by atoms with E-state index in [1.54, 1.807) is 0 Å². The Bertz CT molecular complexity index is 757. The van der Waals surface area contributed by atoms with Crippen LogP contribution in [-0.2, 0) is 4.79 Å². The SMILES string of the molecule is Cc1ccccc1OCC(=O)N[C@@H](C)c1ccc(N2CCC[C@@H](C)C2)cc1. The summed E-state index contributed by atoms with van der Waals surface area (Å²) >= 11 is 0. The number of amides is 1. The van der Waals surface area contributed by atoms with Crippen molar-refractivity contribution >= 4 is 11.6 Å². The van der Waals surface area contributed by atoms with Gasteiger partial charge in [0.25, 0.3) is 5.91 Å².